The number of carbonyl (C=O) groups excluding carboxylic acids is 1. The molecule has 0 N–H and O–H groups in total. The average Bonchev–Trinajstić information content (AvgIpc) is 3.00. The van der Waals surface area contributed by atoms with Crippen molar-refractivity contribution in [2.45, 2.75) is 19.3 Å². The molecule has 4 heteroatoms. The predicted molar refractivity (Wildman–Crippen MR) is 83.3 cm³/mol. The minimum Gasteiger partial charge on any atom is -0.306 e. The summed E-state index contributed by atoms with van der Waals surface area (Å²) in [7, 11) is 2.10. The molecule has 0 fully saturated rings. The third kappa shape index (κ3) is 4.87. The molecule has 0 radical (unpaired) electrons. The maximum absolute atomic E-state index is 11.8. The standard InChI is InChI=1S/C16H20N2OS/c1-18(12-9-14-6-2-3-10-17-14)11-4-7-15(19)16-8-5-13-20-16/h2-3,5-6,8,10,13H,4,7,9,11-12H2,1H3. The van der Waals surface area contributed by atoms with Crippen molar-refractivity contribution in [3.8, 4) is 0 Å². The zero-order chi connectivity index (χ0) is 14.2. The van der Waals surface area contributed by atoms with Gasteiger partial charge in [-0.25, -0.2) is 0 Å². The first kappa shape index (κ1) is 14.9. The van der Waals surface area contributed by atoms with Crippen LogP contribution < -0.4 is 0 Å². The van der Waals surface area contributed by atoms with Crippen LogP contribution >= 0.6 is 11.3 Å². The van der Waals surface area contributed by atoms with Crippen LogP contribution in [-0.4, -0.2) is 35.8 Å². The lowest BCUT2D eigenvalue weighted by Gasteiger charge is -2.15. The summed E-state index contributed by atoms with van der Waals surface area (Å²) < 4.78 is 0. The number of pyridine rings is 1. The molecule has 0 saturated heterocycles. The number of carbonyl (C=O) groups is 1. The highest BCUT2D eigenvalue weighted by Crippen LogP contribution is 2.12. The first-order valence-corrected chi connectivity index (χ1v) is 7.79. The maximum atomic E-state index is 11.8. The SMILES string of the molecule is CN(CCCC(=O)c1cccs1)CCc1ccccn1. The van der Waals surface area contributed by atoms with E-state index < -0.39 is 0 Å². The smallest absolute Gasteiger partial charge is 0.172 e. The molecule has 0 amide bonds. The second kappa shape index (κ2) is 7.92. The molecular formula is C16H20N2OS. The molecule has 0 spiro atoms. The van der Waals surface area contributed by atoms with Gasteiger partial charge in [0.15, 0.2) is 5.78 Å². The normalized spacial score (nSPS) is 10.9. The molecule has 0 aliphatic carbocycles. The van der Waals surface area contributed by atoms with E-state index >= 15 is 0 Å². The maximum Gasteiger partial charge on any atom is 0.172 e. The van der Waals surface area contributed by atoms with E-state index in [4.69, 9.17) is 0 Å². The van der Waals surface area contributed by atoms with E-state index in [1.54, 1.807) is 0 Å². The highest BCUT2D eigenvalue weighted by Gasteiger charge is 2.07. The number of Topliss-reactive ketones (excluding diaryl/α,β-unsaturated/α-hetero) is 1. The zero-order valence-electron chi connectivity index (χ0n) is 11.8. The van der Waals surface area contributed by atoms with E-state index in [0.29, 0.717) is 6.42 Å². The van der Waals surface area contributed by atoms with Crippen LogP contribution in [0.2, 0.25) is 0 Å². The summed E-state index contributed by atoms with van der Waals surface area (Å²) >= 11 is 1.53. The van der Waals surface area contributed by atoms with Gasteiger partial charge in [0.05, 0.1) is 4.88 Å². The van der Waals surface area contributed by atoms with Crippen molar-refractivity contribution in [2.75, 3.05) is 20.1 Å². The summed E-state index contributed by atoms with van der Waals surface area (Å²) in [6, 6.07) is 9.83. The molecule has 0 aliphatic rings. The molecule has 106 valence electrons. The molecule has 0 bridgehead atoms. The van der Waals surface area contributed by atoms with Gasteiger partial charge in [-0.3, -0.25) is 9.78 Å². The Hall–Kier alpha value is -1.52. The molecule has 2 aromatic rings. The number of hydrogen-bond donors (Lipinski definition) is 0. The van der Waals surface area contributed by atoms with E-state index in [1.165, 1.54) is 11.3 Å². The molecule has 0 aromatic carbocycles. The predicted octanol–water partition coefficient (Wildman–Crippen LogP) is 3.28. The van der Waals surface area contributed by atoms with Gasteiger partial charge in [-0.15, -0.1) is 11.3 Å². The number of hydrogen-bond acceptors (Lipinski definition) is 4. The second-order valence-electron chi connectivity index (χ2n) is 4.88. The fraction of sp³-hybridized carbons (Fsp3) is 0.375. The number of rotatable bonds is 8. The van der Waals surface area contributed by atoms with Gasteiger partial charge >= 0.3 is 0 Å². The van der Waals surface area contributed by atoms with Gasteiger partial charge in [0, 0.05) is 31.3 Å². The summed E-state index contributed by atoms with van der Waals surface area (Å²) in [6.45, 7) is 1.92. The molecule has 20 heavy (non-hydrogen) atoms. The van der Waals surface area contributed by atoms with Crippen LogP contribution in [0.4, 0.5) is 0 Å². The van der Waals surface area contributed by atoms with Crippen molar-refractivity contribution in [3.05, 3.63) is 52.5 Å². The number of aromatic nitrogens is 1. The lowest BCUT2D eigenvalue weighted by atomic mass is 10.2. The van der Waals surface area contributed by atoms with Crippen LogP contribution in [-0.2, 0) is 6.42 Å². The summed E-state index contributed by atoms with van der Waals surface area (Å²) in [5.74, 6) is 0.262. The zero-order valence-corrected chi connectivity index (χ0v) is 12.6. The molecule has 0 unspecified atom stereocenters. The van der Waals surface area contributed by atoms with Crippen LogP contribution in [0.1, 0.15) is 28.2 Å². The van der Waals surface area contributed by atoms with Crippen molar-refractivity contribution >= 4 is 17.1 Å². The van der Waals surface area contributed by atoms with E-state index in [9.17, 15) is 4.79 Å². The molecule has 3 nitrogen and oxygen atoms in total. The van der Waals surface area contributed by atoms with Crippen LogP contribution in [0, 0.1) is 0 Å². The van der Waals surface area contributed by atoms with E-state index in [0.717, 1.165) is 36.5 Å². The quantitative estimate of drug-likeness (QED) is 0.699. The molecule has 0 atom stereocenters. The van der Waals surface area contributed by atoms with Gasteiger partial charge in [0.2, 0.25) is 0 Å². The van der Waals surface area contributed by atoms with Crippen LogP contribution in [0.3, 0.4) is 0 Å². The van der Waals surface area contributed by atoms with E-state index in [2.05, 4.69) is 16.9 Å². The number of likely N-dealkylation sites (N-methyl/N-ethyl adjacent to an activating group) is 1. The van der Waals surface area contributed by atoms with Gasteiger partial charge in [0.25, 0.3) is 0 Å². The Labute approximate surface area is 124 Å². The molecule has 0 saturated carbocycles. The molecular weight excluding hydrogens is 268 g/mol. The molecule has 0 aliphatic heterocycles. The summed E-state index contributed by atoms with van der Waals surface area (Å²) in [5, 5.41) is 1.95. The first-order valence-electron chi connectivity index (χ1n) is 6.91. The third-order valence-electron chi connectivity index (χ3n) is 3.22. The minimum atomic E-state index is 0.262. The molecule has 2 aromatic heterocycles. The number of ketones is 1. The van der Waals surface area contributed by atoms with E-state index in [1.807, 2.05) is 41.9 Å². The van der Waals surface area contributed by atoms with Crippen LogP contribution in [0.25, 0.3) is 0 Å². The summed E-state index contributed by atoms with van der Waals surface area (Å²) in [6.07, 6.45) is 4.33. The topological polar surface area (TPSA) is 33.2 Å². The monoisotopic (exact) mass is 288 g/mol. The molecule has 2 heterocycles. The first-order chi connectivity index (χ1) is 9.75. The van der Waals surface area contributed by atoms with Gasteiger partial charge in [-0.1, -0.05) is 12.1 Å². The fourth-order valence-corrected chi connectivity index (χ4v) is 2.73. The Balaban J connectivity index is 1.63. The Bertz CT molecular complexity index is 511. The lowest BCUT2D eigenvalue weighted by Crippen LogP contribution is -2.23. The van der Waals surface area contributed by atoms with Crippen LogP contribution in [0.15, 0.2) is 41.9 Å². The third-order valence-corrected chi connectivity index (χ3v) is 4.13. The second-order valence-corrected chi connectivity index (χ2v) is 5.83. The Morgan fingerprint density at radius 3 is 2.85 bits per heavy atom. The number of thiophene rings is 1. The Morgan fingerprint density at radius 1 is 1.25 bits per heavy atom. The summed E-state index contributed by atoms with van der Waals surface area (Å²) in [5.41, 5.74) is 1.12. The molecule has 2 rings (SSSR count). The van der Waals surface area contributed by atoms with Crippen molar-refractivity contribution in [3.63, 3.8) is 0 Å². The highest BCUT2D eigenvalue weighted by atomic mass is 32.1. The highest BCUT2D eigenvalue weighted by molar-refractivity contribution is 7.12. The van der Waals surface area contributed by atoms with Gasteiger partial charge < -0.3 is 4.90 Å². The average molecular weight is 288 g/mol. The Morgan fingerprint density at radius 2 is 2.15 bits per heavy atom. The fourth-order valence-electron chi connectivity index (χ4n) is 2.03. The van der Waals surface area contributed by atoms with Crippen molar-refractivity contribution in [1.82, 2.24) is 9.88 Å². The van der Waals surface area contributed by atoms with Crippen molar-refractivity contribution in [2.24, 2.45) is 0 Å². The van der Waals surface area contributed by atoms with Crippen molar-refractivity contribution < 1.29 is 4.79 Å². The Kier molecular flexibility index (Phi) is 5.89. The van der Waals surface area contributed by atoms with Crippen molar-refractivity contribution in [1.29, 1.82) is 0 Å². The lowest BCUT2D eigenvalue weighted by molar-refractivity contribution is 0.0980. The van der Waals surface area contributed by atoms with E-state index in [-0.39, 0.29) is 5.78 Å². The minimum absolute atomic E-state index is 0.262. The van der Waals surface area contributed by atoms with Crippen LogP contribution in [0.5, 0.6) is 0 Å². The van der Waals surface area contributed by atoms with Gasteiger partial charge in [-0.2, -0.15) is 0 Å². The number of nitrogens with zero attached hydrogens (tertiary/aromatic N) is 2. The van der Waals surface area contributed by atoms with Gasteiger partial charge in [-0.05, 0) is 43.6 Å². The summed E-state index contributed by atoms with van der Waals surface area (Å²) in [4.78, 5) is 19.3. The largest absolute Gasteiger partial charge is 0.306 e. The van der Waals surface area contributed by atoms with Gasteiger partial charge in [0.1, 0.15) is 0 Å².